The molecule has 148 valence electrons. The number of fused-ring (bicyclic) bond motifs is 1. The predicted molar refractivity (Wildman–Crippen MR) is 114 cm³/mol. The summed E-state index contributed by atoms with van der Waals surface area (Å²) in [6.45, 7) is 12.2. The lowest BCUT2D eigenvalue weighted by atomic mass is 10.2. The van der Waals surface area contributed by atoms with Gasteiger partial charge in [-0.05, 0) is 58.9 Å². The Morgan fingerprint density at radius 1 is 1.11 bits per heavy atom. The number of pyridine rings is 1. The standard InChI is InChI=1S/C22H29N5O/c1-6-26(7-2)20-13-12-17(14-23-20)22(28)24-16(5)21-25-18-10-8-9-11-19(18)27(21)15(3)4/h8-16H,6-7H2,1-5H3,(H,24,28). The maximum Gasteiger partial charge on any atom is 0.253 e. The molecule has 28 heavy (non-hydrogen) atoms. The highest BCUT2D eigenvalue weighted by Gasteiger charge is 2.20. The Hall–Kier alpha value is -2.89. The molecule has 3 aromatic rings. The van der Waals surface area contributed by atoms with Gasteiger partial charge in [0.05, 0.1) is 22.6 Å². The van der Waals surface area contributed by atoms with Gasteiger partial charge in [-0.2, -0.15) is 0 Å². The fourth-order valence-electron chi connectivity index (χ4n) is 3.51. The van der Waals surface area contributed by atoms with Crippen molar-refractivity contribution in [3.8, 4) is 0 Å². The summed E-state index contributed by atoms with van der Waals surface area (Å²) in [5.41, 5.74) is 2.58. The predicted octanol–water partition coefficient (Wildman–Crippen LogP) is 4.35. The van der Waals surface area contributed by atoms with Gasteiger partial charge < -0.3 is 14.8 Å². The van der Waals surface area contributed by atoms with Crippen molar-refractivity contribution in [2.75, 3.05) is 18.0 Å². The number of carbonyl (C=O) groups excluding carboxylic acids is 1. The molecule has 2 aromatic heterocycles. The topological polar surface area (TPSA) is 63.1 Å². The van der Waals surface area contributed by atoms with Crippen LogP contribution in [0.4, 0.5) is 5.82 Å². The number of para-hydroxylation sites is 2. The number of imidazole rings is 1. The SMILES string of the molecule is CCN(CC)c1ccc(C(=O)NC(C)c2nc3ccccc3n2C(C)C)cn1. The summed E-state index contributed by atoms with van der Waals surface area (Å²) in [5, 5.41) is 3.07. The van der Waals surface area contributed by atoms with E-state index in [4.69, 9.17) is 4.98 Å². The molecule has 2 heterocycles. The molecule has 0 bridgehead atoms. The third-order valence-corrected chi connectivity index (χ3v) is 4.97. The lowest BCUT2D eigenvalue weighted by molar-refractivity contribution is 0.0937. The zero-order valence-corrected chi connectivity index (χ0v) is 17.3. The van der Waals surface area contributed by atoms with Crippen LogP contribution in [0, 0.1) is 0 Å². The number of hydrogen-bond donors (Lipinski definition) is 1. The highest BCUT2D eigenvalue weighted by Crippen LogP contribution is 2.25. The zero-order valence-electron chi connectivity index (χ0n) is 17.3. The maximum absolute atomic E-state index is 12.7. The largest absolute Gasteiger partial charge is 0.357 e. The van der Waals surface area contributed by atoms with Crippen molar-refractivity contribution in [3.05, 3.63) is 54.0 Å². The zero-order chi connectivity index (χ0) is 20.3. The Labute approximate surface area is 166 Å². The minimum atomic E-state index is -0.218. The average Bonchev–Trinajstić information content (AvgIpc) is 3.09. The van der Waals surface area contributed by atoms with Crippen molar-refractivity contribution in [1.29, 1.82) is 0 Å². The second-order valence-electron chi connectivity index (χ2n) is 7.19. The van der Waals surface area contributed by atoms with Crippen LogP contribution in [0.25, 0.3) is 11.0 Å². The minimum absolute atomic E-state index is 0.145. The van der Waals surface area contributed by atoms with Crippen molar-refractivity contribution < 1.29 is 4.79 Å². The molecule has 0 aliphatic carbocycles. The average molecular weight is 380 g/mol. The molecule has 1 amide bonds. The monoisotopic (exact) mass is 379 g/mol. The van der Waals surface area contributed by atoms with Crippen molar-refractivity contribution in [3.63, 3.8) is 0 Å². The number of rotatable bonds is 7. The quantitative estimate of drug-likeness (QED) is 0.663. The van der Waals surface area contributed by atoms with Gasteiger partial charge in [-0.15, -0.1) is 0 Å². The van der Waals surface area contributed by atoms with E-state index in [0.29, 0.717) is 5.56 Å². The van der Waals surface area contributed by atoms with Gasteiger partial charge >= 0.3 is 0 Å². The Kier molecular flexibility index (Phi) is 5.97. The van der Waals surface area contributed by atoms with Crippen molar-refractivity contribution in [1.82, 2.24) is 19.9 Å². The highest BCUT2D eigenvalue weighted by atomic mass is 16.1. The van der Waals surface area contributed by atoms with E-state index in [-0.39, 0.29) is 18.0 Å². The molecule has 0 aliphatic rings. The number of nitrogens with one attached hydrogen (secondary N) is 1. The molecule has 6 nitrogen and oxygen atoms in total. The maximum atomic E-state index is 12.7. The Morgan fingerprint density at radius 2 is 1.82 bits per heavy atom. The summed E-state index contributed by atoms with van der Waals surface area (Å²) >= 11 is 0. The van der Waals surface area contributed by atoms with Gasteiger partial charge in [-0.3, -0.25) is 4.79 Å². The van der Waals surface area contributed by atoms with E-state index in [9.17, 15) is 4.79 Å². The van der Waals surface area contributed by atoms with Gasteiger partial charge in [-0.25, -0.2) is 9.97 Å². The van der Waals surface area contributed by atoms with Crippen molar-refractivity contribution >= 4 is 22.8 Å². The second-order valence-corrected chi connectivity index (χ2v) is 7.19. The summed E-state index contributed by atoms with van der Waals surface area (Å²) in [6.07, 6.45) is 1.64. The molecule has 0 saturated carbocycles. The van der Waals surface area contributed by atoms with Crippen LogP contribution in [0.15, 0.2) is 42.6 Å². The molecule has 1 N–H and O–H groups in total. The van der Waals surface area contributed by atoms with Gasteiger partial charge in [0.1, 0.15) is 11.6 Å². The number of amides is 1. The fourth-order valence-corrected chi connectivity index (χ4v) is 3.51. The Bertz CT molecular complexity index is 941. The molecule has 0 aliphatic heterocycles. The van der Waals surface area contributed by atoms with E-state index in [1.54, 1.807) is 6.20 Å². The Balaban J connectivity index is 1.81. The van der Waals surface area contributed by atoms with Crippen LogP contribution in [0.5, 0.6) is 0 Å². The van der Waals surface area contributed by atoms with E-state index in [1.165, 1.54) is 0 Å². The first kappa shape index (κ1) is 19.9. The molecule has 0 radical (unpaired) electrons. The van der Waals surface area contributed by atoms with E-state index in [2.05, 4.69) is 53.5 Å². The normalized spacial score (nSPS) is 12.4. The summed E-state index contributed by atoms with van der Waals surface area (Å²) < 4.78 is 2.18. The summed E-state index contributed by atoms with van der Waals surface area (Å²) in [6, 6.07) is 11.8. The summed E-state index contributed by atoms with van der Waals surface area (Å²) in [7, 11) is 0. The molecule has 1 unspecified atom stereocenters. The Morgan fingerprint density at radius 3 is 2.43 bits per heavy atom. The number of hydrogen-bond acceptors (Lipinski definition) is 4. The van der Waals surface area contributed by atoms with Gasteiger partial charge in [0.25, 0.3) is 5.91 Å². The first-order valence-corrected chi connectivity index (χ1v) is 9.94. The molecule has 0 fully saturated rings. The lowest BCUT2D eigenvalue weighted by Gasteiger charge is -2.20. The number of anilines is 1. The van der Waals surface area contributed by atoms with Crippen LogP contribution >= 0.6 is 0 Å². The third-order valence-electron chi connectivity index (χ3n) is 4.97. The van der Waals surface area contributed by atoms with Crippen molar-refractivity contribution in [2.45, 2.75) is 46.7 Å². The van der Waals surface area contributed by atoms with Gasteiger partial charge in [-0.1, -0.05) is 12.1 Å². The van der Waals surface area contributed by atoms with Crippen LogP contribution in [0.3, 0.4) is 0 Å². The number of nitrogens with zero attached hydrogens (tertiary/aromatic N) is 4. The van der Waals surface area contributed by atoms with Crippen molar-refractivity contribution in [2.24, 2.45) is 0 Å². The molecule has 1 aromatic carbocycles. The highest BCUT2D eigenvalue weighted by molar-refractivity contribution is 5.94. The van der Waals surface area contributed by atoms with Crippen LogP contribution in [-0.2, 0) is 0 Å². The molecule has 6 heteroatoms. The van der Waals surface area contributed by atoms with E-state index >= 15 is 0 Å². The van der Waals surface area contributed by atoms with Gasteiger partial charge in [0, 0.05) is 25.3 Å². The van der Waals surface area contributed by atoms with Crippen LogP contribution in [-0.4, -0.2) is 33.5 Å². The number of benzene rings is 1. The van der Waals surface area contributed by atoms with Crippen LogP contribution in [0.2, 0.25) is 0 Å². The van der Waals surface area contributed by atoms with E-state index < -0.39 is 0 Å². The lowest BCUT2D eigenvalue weighted by Crippen LogP contribution is -2.29. The van der Waals surface area contributed by atoms with Crippen LogP contribution in [0.1, 0.15) is 62.9 Å². The molecular weight excluding hydrogens is 350 g/mol. The van der Waals surface area contributed by atoms with Crippen LogP contribution < -0.4 is 10.2 Å². The third kappa shape index (κ3) is 3.86. The second kappa shape index (κ2) is 8.42. The molecule has 3 rings (SSSR count). The molecular formula is C22H29N5O. The first-order valence-electron chi connectivity index (χ1n) is 9.94. The molecule has 0 saturated heterocycles. The molecule has 0 spiro atoms. The summed E-state index contributed by atoms with van der Waals surface area (Å²) in [4.78, 5) is 24.1. The van der Waals surface area contributed by atoms with Gasteiger partial charge in [0.2, 0.25) is 0 Å². The number of aromatic nitrogens is 3. The van der Waals surface area contributed by atoms with E-state index in [1.807, 2.05) is 37.3 Å². The minimum Gasteiger partial charge on any atom is -0.357 e. The smallest absolute Gasteiger partial charge is 0.253 e. The van der Waals surface area contributed by atoms with Gasteiger partial charge in [0.15, 0.2) is 0 Å². The summed E-state index contributed by atoms with van der Waals surface area (Å²) in [5.74, 6) is 1.60. The molecule has 1 atom stereocenters. The fraction of sp³-hybridized carbons (Fsp3) is 0.409. The number of carbonyl (C=O) groups is 1. The van der Waals surface area contributed by atoms with E-state index in [0.717, 1.165) is 35.8 Å². The first-order chi connectivity index (χ1) is 13.5.